The van der Waals surface area contributed by atoms with Gasteiger partial charge in [-0.2, -0.15) is 0 Å². The number of aromatic nitrogens is 1. The van der Waals surface area contributed by atoms with E-state index in [-0.39, 0.29) is 0 Å². The van der Waals surface area contributed by atoms with Gasteiger partial charge in [-0.25, -0.2) is 0 Å². The van der Waals surface area contributed by atoms with Gasteiger partial charge < -0.3 is 4.57 Å². The number of thiophene rings is 1. The van der Waals surface area contributed by atoms with E-state index in [0.717, 1.165) is 12.1 Å². The molecule has 2 heterocycles. The van der Waals surface area contributed by atoms with Gasteiger partial charge in [0.2, 0.25) is 0 Å². The second-order valence-electron chi connectivity index (χ2n) is 17.1. The highest BCUT2D eigenvalue weighted by molar-refractivity contribution is 7.21. The summed E-state index contributed by atoms with van der Waals surface area (Å²) in [7, 11) is 0. The van der Waals surface area contributed by atoms with Crippen molar-refractivity contribution in [3.63, 3.8) is 0 Å². The Balaban J connectivity index is 0.906. The summed E-state index contributed by atoms with van der Waals surface area (Å²) in [6, 6.07) is 80.3. The maximum Gasteiger partial charge on any atom is 0.0541 e. The molecule has 0 saturated carbocycles. The van der Waals surface area contributed by atoms with Crippen molar-refractivity contribution in [2.75, 3.05) is 0 Å². The summed E-state index contributed by atoms with van der Waals surface area (Å²) in [6.07, 6.45) is 7.98. The molecule has 0 aliphatic heterocycles. The highest BCUT2D eigenvalue weighted by Crippen LogP contribution is 2.47. The van der Waals surface area contributed by atoms with Gasteiger partial charge in [0, 0.05) is 37.0 Å². The molecule has 2 aromatic heterocycles. The molecule has 10 aromatic carbocycles. The highest BCUT2D eigenvalue weighted by Gasteiger charge is 2.22. The van der Waals surface area contributed by atoms with Crippen LogP contribution in [0.5, 0.6) is 0 Å². The van der Waals surface area contributed by atoms with Gasteiger partial charge in [-0.05, 0) is 114 Å². The molecule has 0 saturated heterocycles. The quantitative estimate of drug-likeness (QED) is 0.147. The van der Waals surface area contributed by atoms with Crippen LogP contribution in [0.2, 0.25) is 0 Å². The molecule has 304 valence electrons. The average molecular weight is 844 g/mol. The van der Waals surface area contributed by atoms with Crippen molar-refractivity contribution in [3.05, 3.63) is 247 Å². The molecule has 0 bridgehead atoms. The molecule has 0 unspecified atom stereocenters. The lowest BCUT2D eigenvalue weighted by atomic mass is 9.86. The standard InChI is InChI=1S/C63H41NS/c1-3-16-41(17-4-1)42-30-32-43(33-31-42)48-27-15-28-56-55-26-12-7-20-49(63(55)65-62(48)56)46-36-39-59-57(40-46)50-21-13-14-29-58(50)64(59)47-37-34-45(35-38-47)61-53-24-10-8-22-51(53)60(44-18-5-2-6-19-44)52-23-9-11-25-54(52)61/h1-6,8-40H,7H2. The van der Waals surface area contributed by atoms with Crippen LogP contribution in [-0.4, -0.2) is 4.57 Å². The summed E-state index contributed by atoms with van der Waals surface area (Å²) in [5, 5.41) is 8.90. The first kappa shape index (κ1) is 37.5. The summed E-state index contributed by atoms with van der Waals surface area (Å²) < 4.78 is 3.77. The predicted molar refractivity (Wildman–Crippen MR) is 280 cm³/mol. The molecule has 12 aromatic rings. The largest absolute Gasteiger partial charge is 0.309 e. The van der Waals surface area contributed by atoms with Crippen molar-refractivity contribution >= 4 is 76.4 Å². The lowest BCUT2D eigenvalue weighted by molar-refractivity contribution is 1.18. The van der Waals surface area contributed by atoms with Crippen molar-refractivity contribution in [1.82, 2.24) is 4.57 Å². The van der Waals surface area contributed by atoms with E-state index in [9.17, 15) is 0 Å². The van der Waals surface area contributed by atoms with E-state index in [1.807, 2.05) is 11.3 Å². The van der Waals surface area contributed by atoms with Gasteiger partial charge >= 0.3 is 0 Å². The van der Waals surface area contributed by atoms with Crippen LogP contribution in [0.4, 0.5) is 0 Å². The SMILES string of the molecule is C1=Cc2c(sc3c(-c4ccc(-c5ccccc5)cc4)cccc23)C(c2ccc3c(c2)c2ccccc2n3-c2ccc(-c3c4ccccc4c(-c4ccccc4)c4ccccc34)cc2)=CC1. The van der Waals surface area contributed by atoms with Crippen molar-refractivity contribution in [2.24, 2.45) is 0 Å². The zero-order chi connectivity index (χ0) is 42.8. The Morgan fingerprint density at radius 3 is 1.55 bits per heavy atom. The van der Waals surface area contributed by atoms with Crippen molar-refractivity contribution in [2.45, 2.75) is 6.42 Å². The van der Waals surface area contributed by atoms with E-state index in [1.54, 1.807) is 0 Å². The maximum atomic E-state index is 2.44. The van der Waals surface area contributed by atoms with Crippen molar-refractivity contribution in [3.8, 4) is 50.2 Å². The third-order valence-corrected chi connectivity index (χ3v) is 14.7. The van der Waals surface area contributed by atoms with Crippen LogP contribution in [0.25, 0.3) is 115 Å². The Hall–Kier alpha value is -8.04. The van der Waals surface area contributed by atoms with Gasteiger partial charge in [0.1, 0.15) is 0 Å². The summed E-state index contributed by atoms with van der Waals surface area (Å²) >= 11 is 1.92. The van der Waals surface area contributed by atoms with E-state index in [1.165, 1.54) is 120 Å². The van der Waals surface area contributed by atoms with Crippen LogP contribution in [-0.2, 0) is 0 Å². The van der Waals surface area contributed by atoms with E-state index in [0.29, 0.717) is 0 Å². The lowest BCUT2D eigenvalue weighted by Gasteiger charge is -2.18. The molecule has 65 heavy (non-hydrogen) atoms. The lowest BCUT2D eigenvalue weighted by Crippen LogP contribution is -1.95. The highest BCUT2D eigenvalue weighted by atomic mass is 32.1. The summed E-state index contributed by atoms with van der Waals surface area (Å²) in [5.41, 5.74) is 17.4. The minimum Gasteiger partial charge on any atom is -0.309 e. The Morgan fingerprint density at radius 2 is 0.877 bits per heavy atom. The second kappa shape index (κ2) is 15.3. The Kier molecular flexibility index (Phi) is 8.85. The van der Waals surface area contributed by atoms with E-state index < -0.39 is 0 Å². The topological polar surface area (TPSA) is 4.93 Å². The van der Waals surface area contributed by atoms with Gasteiger partial charge in [0.05, 0.1) is 11.0 Å². The van der Waals surface area contributed by atoms with Gasteiger partial charge in [-0.3, -0.25) is 0 Å². The number of nitrogens with zero attached hydrogens (tertiary/aromatic N) is 1. The minimum absolute atomic E-state index is 0.893. The van der Waals surface area contributed by atoms with Gasteiger partial charge in [0.25, 0.3) is 0 Å². The molecule has 0 fully saturated rings. The second-order valence-corrected chi connectivity index (χ2v) is 18.1. The zero-order valence-electron chi connectivity index (χ0n) is 35.6. The molecule has 0 amide bonds. The van der Waals surface area contributed by atoms with Crippen LogP contribution in [0.1, 0.15) is 22.4 Å². The predicted octanol–water partition coefficient (Wildman–Crippen LogP) is 17.8. The normalized spacial score (nSPS) is 12.6. The Labute approximate surface area is 382 Å². The van der Waals surface area contributed by atoms with E-state index >= 15 is 0 Å². The number of hydrogen-bond acceptors (Lipinski definition) is 1. The van der Waals surface area contributed by atoms with Crippen molar-refractivity contribution < 1.29 is 0 Å². The molecule has 1 aliphatic carbocycles. The van der Waals surface area contributed by atoms with Crippen LogP contribution in [0.15, 0.2) is 231 Å². The smallest absolute Gasteiger partial charge is 0.0541 e. The van der Waals surface area contributed by atoms with Gasteiger partial charge in [-0.1, -0.05) is 206 Å². The molecule has 0 atom stereocenters. The monoisotopic (exact) mass is 843 g/mol. The number of para-hydroxylation sites is 1. The summed E-state index contributed by atoms with van der Waals surface area (Å²) in [4.78, 5) is 1.33. The zero-order valence-corrected chi connectivity index (χ0v) is 36.4. The fourth-order valence-corrected chi connectivity index (χ4v) is 11.9. The van der Waals surface area contributed by atoms with E-state index in [2.05, 4.69) is 241 Å². The average Bonchev–Trinajstić information content (AvgIpc) is 3.83. The number of rotatable bonds is 6. The third-order valence-electron chi connectivity index (χ3n) is 13.4. The van der Waals surface area contributed by atoms with Crippen LogP contribution in [0, 0.1) is 0 Å². The molecule has 1 aliphatic rings. The number of fused-ring (bicyclic) bond motifs is 8. The fourth-order valence-electron chi connectivity index (χ4n) is 10.5. The Morgan fingerprint density at radius 1 is 0.369 bits per heavy atom. The molecule has 0 N–H and O–H groups in total. The van der Waals surface area contributed by atoms with Crippen LogP contribution >= 0.6 is 11.3 Å². The number of allylic oxidation sites excluding steroid dienone is 2. The molecule has 2 heteroatoms. The molecule has 1 nitrogen and oxygen atoms in total. The first-order valence-electron chi connectivity index (χ1n) is 22.5. The van der Waals surface area contributed by atoms with Gasteiger partial charge in [0.15, 0.2) is 0 Å². The number of hydrogen-bond donors (Lipinski definition) is 0. The third kappa shape index (κ3) is 6.14. The maximum absolute atomic E-state index is 2.44. The van der Waals surface area contributed by atoms with E-state index in [4.69, 9.17) is 0 Å². The van der Waals surface area contributed by atoms with Crippen molar-refractivity contribution in [1.29, 1.82) is 0 Å². The molecule has 13 rings (SSSR count). The first-order chi connectivity index (χ1) is 32.3. The molecule has 0 spiro atoms. The number of benzene rings is 10. The van der Waals surface area contributed by atoms with Gasteiger partial charge in [-0.15, -0.1) is 11.3 Å². The summed E-state index contributed by atoms with van der Waals surface area (Å²) in [6.45, 7) is 0. The fraction of sp³-hybridized carbons (Fsp3) is 0.0159. The minimum atomic E-state index is 0.893. The molecule has 0 radical (unpaired) electrons. The van der Waals surface area contributed by atoms with Crippen LogP contribution in [0.3, 0.4) is 0 Å². The summed E-state index contributed by atoms with van der Waals surface area (Å²) in [5.74, 6) is 0. The van der Waals surface area contributed by atoms with Crippen LogP contribution < -0.4 is 0 Å². The molecular formula is C63H41NS. The molecular weight excluding hydrogens is 803 g/mol. The Bertz CT molecular complexity index is 3810. The first-order valence-corrected chi connectivity index (χ1v) is 23.3.